The average Bonchev–Trinajstić information content (AvgIpc) is 2.34. The number of allylic oxidation sites excluding steroid dienone is 5. The van der Waals surface area contributed by atoms with Crippen LogP contribution in [0.4, 0.5) is 0 Å². The van der Waals surface area contributed by atoms with Crippen molar-refractivity contribution in [2.75, 3.05) is 0 Å². The first-order chi connectivity index (χ1) is 8.24. The van der Waals surface area contributed by atoms with Crippen LogP contribution in [0.2, 0.25) is 0 Å². The normalized spacial score (nSPS) is 12.9. The Bertz CT molecular complexity index is 416. The molecule has 17 heavy (non-hydrogen) atoms. The van der Waals surface area contributed by atoms with Gasteiger partial charge in [-0.25, -0.2) is 0 Å². The summed E-state index contributed by atoms with van der Waals surface area (Å²) in [6.45, 7) is 3.57. The van der Waals surface area contributed by atoms with Crippen LogP contribution in [-0.4, -0.2) is 11.1 Å². The minimum Gasteiger partial charge on any atom is -0.481 e. The molecule has 1 rings (SSSR count). The lowest BCUT2D eigenvalue weighted by Gasteiger charge is -2.09. The number of rotatable bonds is 6. The van der Waals surface area contributed by atoms with Gasteiger partial charge in [0.15, 0.2) is 0 Å². The van der Waals surface area contributed by atoms with E-state index < -0.39 is 5.97 Å². The number of aliphatic carboxylic acids is 1. The van der Waals surface area contributed by atoms with Crippen LogP contribution in [0.3, 0.4) is 0 Å². The van der Waals surface area contributed by atoms with E-state index in [2.05, 4.69) is 6.58 Å². The molecule has 0 aliphatic rings. The van der Waals surface area contributed by atoms with E-state index in [-0.39, 0.29) is 12.3 Å². The lowest BCUT2D eigenvalue weighted by molar-refractivity contribution is -0.137. The number of hydrogen-bond acceptors (Lipinski definition) is 1. The highest BCUT2D eigenvalue weighted by molar-refractivity contribution is 5.68. The molecule has 0 saturated carbocycles. The first-order valence-corrected chi connectivity index (χ1v) is 5.46. The van der Waals surface area contributed by atoms with E-state index in [9.17, 15) is 4.79 Å². The summed E-state index contributed by atoms with van der Waals surface area (Å²) in [5, 5.41) is 8.88. The zero-order chi connectivity index (χ0) is 12.5. The highest BCUT2D eigenvalue weighted by atomic mass is 16.4. The molecule has 0 aliphatic heterocycles. The smallest absolute Gasteiger partial charge is 0.304 e. The Kier molecular flexibility index (Phi) is 5.52. The Morgan fingerprint density at radius 3 is 2.53 bits per heavy atom. The molecule has 0 bridgehead atoms. The van der Waals surface area contributed by atoms with Gasteiger partial charge in [-0.2, -0.15) is 0 Å². The minimum atomic E-state index is -0.795. The van der Waals surface area contributed by atoms with Crippen LogP contribution >= 0.6 is 0 Å². The third-order valence-corrected chi connectivity index (χ3v) is 2.32. The molecule has 2 heteroatoms. The molecule has 1 atom stereocenters. The van der Waals surface area contributed by atoms with Crippen molar-refractivity contribution in [1.82, 2.24) is 0 Å². The number of hydrogen-bond donors (Lipinski definition) is 1. The largest absolute Gasteiger partial charge is 0.481 e. The number of carboxylic acids is 1. The van der Waals surface area contributed by atoms with E-state index in [4.69, 9.17) is 5.11 Å². The first-order valence-electron chi connectivity index (χ1n) is 5.46. The molecule has 0 fully saturated rings. The summed E-state index contributed by atoms with van der Waals surface area (Å²) in [7, 11) is 0. The van der Waals surface area contributed by atoms with E-state index in [1.165, 1.54) is 0 Å². The van der Waals surface area contributed by atoms with Gasteiger partial charge >= 0.3 is 5.97 Å². The zero-order valence-corrected chi connectivity index (χ0v) is 9.62. The van der Waals surface area contributed by atoms with Crippen molar-refractivity contribution in [3.05, 3.63) is 72.9 Å². The van der Waals surface area contributed by atoms with Crippen LogP contribution in [0.25, 0.3) is 0 Å². The molecule has 1 unspecified atom stereocenters. The predicted molar refractivity (Wildman–Crippen MR) is 69.9 cm³/mol. The molecule has 88 valence electrons. The molecule has 0 aliphatic carbocycles. The quantitative estimate of drug-likeness (QED) is 0.756. The molecule has 0 saturated heterocycles. The first kappa shape index (κ1) is 13.0. The zero-order valence-electron chi connectivity index (χ0n) is 9.62. The van der Waals surface area contributed by atoms with Gasteiger partial charge in [-0.1, -0.05) is 67.3 Å². The van der Waals surface area contributed by atoms with Crippen molar-refractivity contribution >= 4 is 5.97 Å². The molecule has 0 radical (unpaired) electrons. The van der Waals surface area contributed by atoms with E-state index >= 15 is 0 Å². The number of carbonyl (C=O) groups is 1. The standard InChI is InChI=1S/C15H16O2/c1-2-3-4-6-11-14(12-15(16)17)13-9-7-5-8-10-13/h2-11,14H,1,12H2,(H,16,17). The van der Waals surface area contributed by atoms with Crippen LogP contribution in [0.15, 0.2) is 67.3 Å². The number of carboxylic acid groups (broad SMARTS) is 1. The molecule has 2 nitrogen and oxygen atoms in total. The summed E-state index contributed by atoms with van der Waals surface area (Å²) in [5.74, 6) is -0.889. The fraction of sp³-hybridized carbons (Fsp3) is 0.133. The summed E-state index contributed by atoms with van der Waals surface area (Å²) < 4.78 is 0. The Morgan fingerprint density at radius 1 is 1.24 bits per heavy atom. The fourth-order valence-electron chi connectivity index (χ4n) is 1.53. The van der Waals surface area contributed by atoms with Crippen molar-refractivity contribution in [1.29, 1.82) is 0 Å². The lowest BCUT2D eigenvalue weighted by atomic mass is 9.95. The molecular weight excluding hydrogens is 212 g/mol. The summed E-state index contributed by atoms with van der Waals surface area (Å²) in [4.78, 5) is 10.8. The van der Waals surface area contributed by atoms with Crippen molar-refractivity contribution in [3.63, 3.8) is 0 Å². The maximum Gasteiger partial charge on any atom is 0.304 e. The van der Waals surface area contributed by atoms with Gasteiger partial charge in [0.2, 0.25) is 0 Å². The van der Waals surface area contributed by atoms with Gasteiger partial charge in [0.25, 0.3) is 0 Å². The van der Waals surface area contributed by atoms with E-state index in [0.717, 1.165) is 5.56 Å². The molecular formula is C15H16O2. The van der Waals surface area contributed by atoms with Crippen molar-refractivity contribution in [2.45, 2.75) is 12.3 Å². The van der Waals surface area contributed by atoms with Gasteiger partial charge in [0.05, 0.1) is 6.42 Å². The Labute approximate surface area is 102 Å². The molecule has 0 heterocycles. The van der Waals surface area contributed by atoms with E-state index in [1.807, 2.05) is 48.6 Å². The van der Waals surface area contributed by atoms with Crippen molar-refractivity contribution in [2.24, 2.45) is 0 Å². The molecule has 1 aromatic rings. The Morgan fingerprint density at radius 2 is 1.94 bits per heavy atom. The third kappa shape index (κ3) is 4.98. The third-order valence-electron chi connectivity index (χ3n) is 2.32. The molecule has 0 aromatic heterocycles. The SMILES string of the molecule is C=CC=CC=CC(CC(=O)O)c1ccccc1. The highest BCUT2D eigenvalue weighted by Crippen LogP contribution is 2.20. The second-order valence-electron chi connectivity index (χ2n) is 3.62. The van der Waals surface area contributed by atoms with Crippen LogP contribution < -0.4 is 0 Å². The second kappa shape index (κ2) is 7.23. The average molecular weight is 228 g/mol. The summed E-state index contributed by atoms with van der Waals surface area (Å²) in [6.07, 6.45) is 9.16. The molecule has 1 aromatic carbocycles. The maximum atomic E-state index is 10.8. The Hall–Kier alpha value is -2.09. The lowest BCUT2D eigenvalue weighted by Crippen LogP contribution is -2.03. The summed E-state index contributed by atoms with van der Waals surface area (Å²) in [5.41, 5.74) is 1.01. The molecule has 0 spiro atoms. The monoisotopic (exact) mass is 228 g/mol. The topological polar surface area (TPSA) is 37.3 Å². The van der Waals surface area contributed by atoms with Gasteiger partial charge in [0, 0.05) is 5.92 Å². The van der Waals surface area contributed by atoms with Crippen molar-refractivity contribution in [3.8, 4) is 0 Å². The second-order valence-corrected chi connectivity index (χ2v) is 3.62. The van der Waals surface area contributed by atoms with Gasteiger partial charge in [0.1, 0.15) is 0 Å². The van der Waals surface area contributed by atoms with E-state index in [0.29, 0.717) is 0 Å². The summed E-state index contributed by atoms with van der Waals surface area (Å²) in [6, 6.07) is 9.63. The minimum absolute atomic E-state index is 0.0943. The van der Waals surface area contributed by atoms with E-state index in [1.54, 1.807) is 12.2 Å². The van der Waals surface area contributed by atoms with Gasteiger partial charge in [-0.3, -0.25) is 4.79 Å². The van der Waals surface area contributed by atoms with Crippen LogP contribution in [0.5, 0.6) is 0 Å². The Balaban J connectivity index is 2.81. The molecule has 1 N–H and O–H groups in total. The maximum absolute atomic E-state index is 10.8. The highest BCUT2D eigenvalue weighted by Gasteiger charge is 2.11. The fourth-order valence-corrected chi connectivity index (χ4v) is 1.53. The van der Waals surface area contributed by atoms with Gasteiger partial charge in [-0.15, -0.1) is 0 Å². The number of benzene rings is 1. The van der Waals surface area contributed by atoms with Crippen LogP contribution in [0, 0.1) is 0 Å². The van der Waals surface area contributed by atoms with Crippen LogP contribution in [-0.2, 0) is 4.79 Å². The predicted octanol–water partition coefficient (Wildman–Crippen LogP) is 3.54. The van der Waals surface area contributed by atoms with Crippen LogP contribution in [0.1, 0.15) is 17.9 Å². The van der Waals surface area contributed by atoms with Crippen molar-refractivity contribution < 1.29 is 9.90 Å². The van der Waals surface area contributed by atoms with Gasteiger partial charge < -0.3 is 5.11 Å². The summed E-state index contributed by atoms with van der Waals surface area (Å²) >= 11 is 0. The van der Waals surface area contributed by atoms with Gasteiger partial charge in [-0.05, 0) is 5.56 Å². The molecule has 0 amide bonds.